The quantitative estimate of drug-likeness (QED) is 0.516. The number of nitrogens with zero attached hydrogens (tertiary/aromatic N) is 1. The van der Waals surface area contributed by atoms with Gasteiger partial charge in [0, 0.05) is 0 Å². The molecule has 0 fully saturated rings. The molecule has 10 heavy (non-hydrogen) atoms. The third-order valence-corrected chi connectivity index (χ3v) is 1.08. The topological polar surface area (TPSA) is 98.4 Å². The van der Waals surface area contributed by atoms with Gasteiger partial charge >= 0.3 is 11.9 Å². The number of nitriles is 1. The number of hydrogen-bond donors (Lipinski definition) is 2. The number of carbonyl (C=O) groups is 2. The van der Waals surface area contributed by atoms with E-state index in [0.717, 1.165) is 6.92 Å². The first-order valence-electron chi connectivity index (χ1n) is 2.33. The molecule has 2 N–H and O–H groups in total. The second-order valence-corrected chi connectivity index (χ2v) is 1.85. The van der Waals surface area contributed by atoms with Gasteiger partial charge in [-0.05, 0) is 6.92 Å². The van der Waals surface area contributed by atoms with Crippen LogP contribution in [0.1, 0.15) is 6.92 Å². The fourth-order valence-corrected chi connectivity index (χ4v) is 0.187. The predicted octanol–water partition coefficient (Wildman–Crippen LogP) is -0.315. The highest BCUT2D eigenvalue weighted by Crippen LogP contribution is 2.14. The lowest BCUT2D eigenvalue weighted by atomic mass is 9.94. The number of carboxylic acids is 2. The molecule has 0 radical (unpaired) electrons. The molecule has 5 heteroatoms. The smallest absolute Gasteiger partial charge is 0.335 e. The number of rotatable bonds is 2. The van der Waals surface area contributed by atoms with E-state index in [1.54, 1.807) is 0 Å². The highest BCUT2D eigenvalue weighted by Gasteiger charge is 2.41. The Balaban J connectivity index is 4.78. The van der Waals surface area contributed by atoms with Crippen molar-refractivity contribution < 1.29 is 19.8 Å². The minimum absolute atomic E-state index is 0.831. The van der Waals surface area contributed by atoms with Crippen molar-refractivity contribution in [2.24, 2.45) is 5.41 Å². The van der Waals surface area contributed by atoms with Crippen LogP contribution < -0.4 is 0 Å². The van der Waals surface area contributed by atoms with Crippen LogP contribution in [0, 0.1) is 16.7 Å². The third kappa shape index (κ3) is 1.05. The molecule has 0 aromatic carbocycles. The second-order valence-electron chi connectivity index (χ2n) is 1.85. The van der Waals surface area contributed by atoms with E-state index in [1.165, 1.54) is 6.07 Å². The molecule has 0 atom stereocenters. The van der Waals surface area contributed by atoms with Crippen LogP contribution >= 0.6 is 0 Å². The van der Waals surface area contributed by atoms with E-state index < -0.39 is 17.4 Å². The van der Waals surface area contributed by atoms with Crippen molar-refractivity contribution in [3.8, 4) is 6.07 Å². The molecule has 0 aliphatic carbocycles. The maximum atomic E-state index is 10.1. The van der Waals surface area contributed by atoms with E-state index in [9.17, 15) is 9.59 Å². The van der Waals surface area contributed by atoms with Gasteiger partial charge in [-0.15, -0.1) is 0 Å². The summed E-state index contributed by atoms with van der Waals surface area (Å²) < 4.78 is 0. The normalized spacial score (nSPS) is 10.0. The minimum Gasteiger partial charge on any atom is -0.480 e. The molecule has 0 spiro atoms. The molecule has 0 unspecified atom stereocenters. The van der Waals surface area contributed by atoms with Gasteiger partial charge in [0.05, 0.1) is 6.07 Å². The van der Waals surface area contributed by atoms with Gasteiger partial charge in [0.25, 0.3) is 0 Å². The Hall–Kier alpha value is -1.57. The van der Waals surface area contributed by atoms with Crippen molar-refractivity contribution in [1.82, 2.24) is 0 Å². The Morgan fingerprint density at radius 2 is 1.70 bits per heavy atom. The molecule has 5 nitrogen and oxygen atoms in total. The van der Waals surface area contributed by atoms with Crippen LogP contribution in [-0.4, -0.2) is 22.2 Å². The highest BCUT2D eigenvalue weighted by molar-refractivity contribution is 6.00. The lowest BCUT2D eigenvalue weighted by molar-refractivity contribution is -0.158. The zero-order valence-corrected chi connectivity index (χ0v) is 5.16. The average Bonchev–Trinajstić information content (AvgIpc) is 1.85. The van der Waals surface area contributed by atoms with Crippen LogP contribution in [0.3, 0.4) is 0 Å². The molecular formula is C5H5NO4. The maximum absolute atomic E-state index is 10.1. The third-order valence-electron chi connectivity index (χ3n) is 1.08. The summed E-state index contributed by atoms with van der Waals surface area (Å²) in [6.07, 6.45) is 0. The molecule has 0 bridgehead atoms. The van der Waals surface area contributed by atoms with E-state index in [1.807, 2.05) is 0 Å². The number of hydrogen-bond acceptors (Lipinski definition) is 3. The molecule has 0 aromatic heterocycles. The van der Waals surface area contributed by atoms with Gasteiger partial charge in [-0.25, -0.2) is 9.59 Å². The summed E-state index contributed by atoms with van der Waals surface area (Å²) in [5.41, 5.74) is -2.32. The molecular weight excluding hydrogens is 138 g/mol. The summed E-state index contributed by atoms with van der Waals surface area (Å²) in [4.78, 5) is 20.2. The van der Waals surface area contributed by atoms with Crippen molar-refractivity contribution in [2.75, 3.05) is 0 Å². The Bertz CT molecular complexity index is 200. The van der Waals surface area contributed by atoms with Crippen LogP contribution in [0.2, 0.25) is 0 Å². The van der Waals surface area contributed by atoms with Crippen LogP contribution in [0.4, 0.5) is 0 Å². The Kier molecular flexibility index (Phi) is 1.98. The summed E-state index contributed by atoms with van der Waals surface area (Å²) >= 11 is 0. The minimum atomic E-state index is -2.32. The van der Waals surface area contributed by atoms with Gasteiger partial charge in [-0.1, -0.05) is 0 Å². The van der Waals surface area contributed by atoms with Crippen LogP contribution in [0.5, 0.6) is 0 Å². The molecule has 0 heterocycles. The van der Waals surface area contributed by atoms with E-state index in [4.69, 9.17) is 15.5 Å². The first-order chi connectivity index (χ1) is 4.45. The van der Waals surface area contributed by atoms with Gasteiger partial charge in [-0.2, -0.15) is 5.26 Å². The second kappa shape index (κ2) is 2.35. The summed E-state index contributed by atoms with van der Waals surface area (Å²) in [5, 5.41) is 24.5. The summed E-state index contributed by atoms with van der Waals surface area (Å²) in [7, 11) is 0. The van der Waals surface area contributed by atoms with Gasteiger partial charge in [0.1, 0.15) is 0 Å². The zero-order valence-electron chi connectivity index (χ0n) is 5.16. The maximum Gasteiger partial charge on any atom is 0.335 e. The summed E-state index contributed by atoms with van der Waals surface area (Å²) in [5.74, 6) is -3.30. The molecule has 0 saturated carbocycles. The van der Waals surface area contributed by atoms with Crippen molar-refractivity contribution in [1.29, 1.82) is 5.26 Å². The van der Waals surface area contributed by atoms with Gasteiger partial charge < -0.3 is 10.2 Å². The molecule has 0 aliphatic rings. The van der Waals surface area contributed by atoms with E-state index in [0.29, 0.717) is 0 Å². The molecule has 0 amide bonds. The zero-order chi connectivity index (χ0) is 8.36. The van der Waals surface area contributed by atoms with Crippen molar-refractivity contribution in [3.63, 3.8) is 0 Å². The first kappa shape index (κ1) is 8.43. The van der Waals surface area contributed by atoms with Crippen LogP contribution in [0.25, 0.3) is 0 Å². The Morgan fingerprint density at radius 3 is 1.70 bits per heavy atom. The summed E-state index contributed by atoms with van der Waals surface area (Å²) in [6, 6.07) is 1.18. The molecule has 0 aliphatic heterocycles. The molecule has 0 rings (SSSR count). The number of carboxylic acid groups (broad SMARTS) is 2. The van der Waals surface area contributed by atoms with Crippen molar-refractivity contribution >= 4 is 11.9 Å². The van der Waals surface area contributed by atoms with E-state index in [2.05, 4.69) is 0 Å². The van der Waals surface area contributed by atoms with Crippen molar-refractivity contribution in [2.45, 2.75) is 6.92 Å². The van der Waals surface area contributed by atoms with Gasteiger partial charge in [0.2, 0.25) is 5.41 Å². The highest BCUT2D eigenvalue weighted by atomic mass is 16.4. The fraction of sp³-hybridized carbons (Fsp3) is 0.400. The molecule has 0 saturated heterocycles. The fourth-order valence-electron chi connectivity index (χ4n) is 0.187. The lowest BCUT2D eigenvalue weighted by Crippen LogP contribution is -2.34. The average molecular weight is 143 g/mol. The summed E-state index contributed by atoms with van der Waals surface area (Å²) in [6.45, 7) is 0.831. The standard InChI is InChI=1S/C5H5NO4/c1-5(2-6,3(7)8)4(9)10/h1H3,(H,7,8)(H,9,10). The van der Waals surface area contributed by atoms with Crippen LogP contribution in [-0.2, 0) is 9.59 Å². The van der Waals surface area contributed by atoms with E-state index >= 15 is 0 Å². The molecule has 0 aromatic rings. The largest absolute Gasteiger partial charge is 0.480 e. The molecule has 54 valence electrons. The lowest BCUT2D eigenvalue weighted by Gasteiger charge is -2.07. The van der Waals surface area contributed by atoms with Gasteiger partial charge in [-0.3, -0.25) is 0 Å². The monoisotopic (exact) mass is 143 g/mol. The van der Waals surface area contributed by atoms with Crippen molar-refractivity contribution in [3.05, 3.63) is 0 Å². The van der Waals surface area contributed by atoms with Crippen LogP contribution in [0.15, 0.2) is 0 Å². The number of aliphatic carboxylic acids is 2. The Morgan fingerprint density at radius 1 is 1.40 bits per heavy atom. The van der Waals surface area contributed by atoms with Gasteiger partial charge in [0.15, 0.2) is 0 Å². The SMILES string of the molecule is CC(C#N)(C(=O)O)C(=O)O. The first-order valence-corrected chi connectivity index (χ1v) is 2.33. The predicted molar refractivity (Wildman–Crippen MR) is 29.0 cm³/mol. The van der Waals surface area contributed by atoms with E-state index in [-0.39, 0.29) is 0 Å². The Labute approximate surface area is 56.5 Å².